The quantitative estimate of drug-likeness (QED) is 0.388. The van der Waals surface area contributed by atoms with Crippen LogP contribution >= 0.6 is 0 Å². The van der Waals surface area contributed by atoms with Gasteiger partial charge in [-0.3, -0.25) is 9.59 Å². The Morgan fingerprint density at radius 3 is 1.60 bits per heavy atom. The minimum absolute atomic E-state index is 0.502. The molecule has 0 fully saturated rings. The highest BCUT2D eigenvalue weighted by Crippen LogP contribution is 2.22. The predicted molar refractivity (Wildman–Crippen MR) is 60.3 cm³/mol. The van der Waals surface area contributed by atoms with Crippen LogP contribution in [0.1, 0.15) is 13.8 Å². The zero-order valence-electron chi connectivity index (χ0n) is 9.44. The number of hydrogen-bond acceptors (Lipinski definition) is 4. The van der Waals surface area contributed by atoms with Crippen molar-refractivity contribution in [3.8, 4) is 0 Å². The van der Waals surface area contributed by atoms with Crippen LogP contribution in [-0.4, -0.2) is 28.0 Å². The SMILES string of the molecule is CC(=O)OC1(OC(C)=O)C=CC=C1.C[SiH3]. The van der Waals surface area contributed by atoms with Crippen LogP contribution in [0.5, 0.6) is 0 Å². The fraction of sp³-hybridized carbons (Fsp3) is 0.400. The highest BCUT2D eigenvalue weighted by molar-refractivity contribution is 6.05. The number of ether oxygens (including phenoxy) is 2. The van der Waals surface area contributed by atoms with Gasteiger partial charge in [-0.15, -0.1) is 0 Å². The molecule has 0 radical (unpaired) electrons. The van der Waals surface area contributed by atoms with E-state index in [1.165, 1.54) is 36.2 Å². The van der Waals surface area contributed by atoms with Crippen molar-refractivity contribution in [2.24, 2.45) is 0 Å². The molecule has 4 nitrogen and oxygen atoms in total. The zero-order chi connectivity index (χ0) is 11.9. The first-order valence-electron chi connectivity index (χ1n) is 4.80. The molecule has 84 valence electrons. The highest BCUT2D eigenvalue weighted by Gasteiger charge is 2.32. The maximum absolute atomic E-state index is 10.7. The summed E-state index contributed by atoms with van der Waals surface area (Å²) in [6.45, 7) is 4.65. The van der Waals surface area contributed by atoms with E-state index in [0.29, 0.717) is 0 Å². The molecule has 0 aliphatic heterocycles. The second kappa shape index (κ2) is 6.18. The van der Waals surface area contributed by atoms with Crippen LogP contribution < -0.4 is 0 Å². The van der Waals surface area contributed by atoms with Gasteiger partial charge in [-0.1, -0.05) is 18.7 Å². The molecule has 0 amide bonds. The zero-order valence-corrected chi connectivity index (χ0v) is 11.4. The van der Waals surface area contributed by atoms with Gasteiger partial charge >= 0.3 is 11.9 Å². The molecule has 0 spiro atoms. The lowest BCUT2D eigenvalue weighted by Gasteiger charge is -2.23. The molecule has 0 atom stereocenters. The Bertz CT molecular complexity index is 264. The molecule has 0 saturated carbocycles. The van der Waals surface area contributed by atoms with Crippen LogP contribution in [0.3, 0.4) is 0 Å². The van der Waals surface area contributed by atoms with Crippen LogP contribution in [0.25, 0.3) is 0 Å². The standard InChI is InChI=1S/C9H10O4.CH6Si/c1-7(10)12-9(13-8(2)11)5-3-4-6-9;1-2/h3-6H,1-2H3;1-2H3. The van der Waals surface area contributed by atoms with E-state index in [1.54, 1.807) is 12.2 Å². The maximum atomic E-state index is 10.7. The first kappa shape index (κ1) is 13.6. The van der Waals surface area contributed by atoms with Gasteiger partial charge in [0.2, 0.25) is 0 Å². The maximum Gasteiger partial charge on any atom is 0.306 e. The Hall–Kier alpha value is -1.36. The van der Waals surface area contributed by atoms with Crippen molar-refractivity contribution in [3.63, 3.8) is 0 Å². The van der Waals surface area contributed by atoms with Gasteiger partial charge in [-0.25, -0.2) is 0 Å². The van der Waals surface area contributed by atoms with E-state index in [-0.39, 0.29) is 0 Å². The summed E-state index contributed by atoms with van der Waals surface area (Å²) >= 11 is 0. The molecule has 0 aromatic heterocycles. The number of rotatable bonds is 2. The summed E-state index contributed by atoms with van der Waals surface area (Å²) in [6.07, 6.45) is 6.28. The van der Waals surface area contributed by atoms with Crippen LogP contribution in [-0.2, 0) is 19.1 Å². The van der Waals surface area contributed by atoms with Crippen LogP contribution in [0.4, 0.5) is 0 Å². The largest absolute Gasteiger partial charge is 0.415 e. The van der Waals surface area contributed by atoms with E-state index in [0.717, 1.165) is 0 Å². The topological polar surface area (TPSA) is 52.6 Å². The van der Waals surface area contributed by atoms with E-state index in [2.05, 4.69) is 6.55 Å². The van der Waals surface area contributed by atoms with Crippen molar-refractivity contribution in [2.45, 2.75) is 26.2 Å². The van der Waals surface area contributed by atoms with Gasteiger partial charge in [-0.2, -0.15) is 0 Å². The fourth-order valence-corrected chi connectivity index (χ4v) is 1.04. The Morgan fingerprint density at radius 1 is 1.00 bits per heavy atom. The summed E-state index contributed by atoms with van der Waals surface area (Å²) in [4.78, 5) is 21.4. The molecule has 0 aromatic carbocycles. The monoisotopic (exact) mass is 228 g/mol. The van der Waals surface area contributed by atoms with Gasteiger partial charge in [0.1, 0.15) is 0 Å². The summed E-state index contributed by atoms with van der Waals surface area (Å²) < 4.78 is 9.71. The Morgan fingerprint density at radius 2 is 1.33 bits per heavy atom. The van der Waals surface area contributed by atoms with E-state index in [4.69, 9.17) is 9.47 Å². The second-order valence-corrected chi connectivity index (χ2v) is 2.63. The second-order valence-electron chi connectivity index (χ2n) is 2.63. The molecule has 0 aromatic rings. The summed E-state index contributed by atoms with van der Waals surface area (Å²) in [6, 6.07) is 0. The Balaban J connectivity index is 0.000000921. The number of carbonyl (C=O) groups is 2. The van der Waals surface area contributed by atoms with E-state index in [1.807, 2.05) is 0 Å². The Kier molecular flexibility index (Phi) is 5.62. The summed E-state index contributed by atoms with van der Waals surface area (Å²) in [5.41, 5.74) is 0. The molecule has 15 heavy (non-hydrogen) atoms. The third-order valence-corrected chi connectivity index (χ3v) is 1.37. The van der Waals surface area contributed by atoms with Crippen LogP contribution in [0.2, 0.25) is 6.55 Å². The predicted octanol–water partition coefficient (Wildman–Crippen LogP) is 0.335. The average Bonchev–Trinajstić information content (AvgIpc) is 2.54. The third-order valence-electron chi connectivity index (χ3n) is 1.37. The van der Waals surface area contributed by atoms with Gasteiger partial charge in [0, 0.05) is 26.0 Å². The van der Waals surface area contributed by atoms with Crippen molar-refractivity contribution >= 4 is 22.2 Å². The molecular weight excluding hydrogens is 212 g/mol. The summed E-state index contributed by atoms with van der Waals surface area (Å²) in [5, 5.41) is 0. The molecule has 1 aliphatic rings. The van der Waals surface area contributed by atoms with Gasteiger partial charge < -0.3 is 9.47 Å². The number of esters is 2. The van der Waals surface area contributed by atoms with Gasteiger partial charge in [-0.05, 0) is 10.2 Å². The van der Waals surface area contributed by atoms with Crippen LogP contribution in [0.15, 0.2) is 24.3 Å². The number of carbonyl (C=O) groups excluding carboxylic acids is 2. The summed E-state index contributed by atoms with van der Waals surface area (Å²) in [7, 11) is 1.31. The smallest absolute Gasteiger partial charge is 0.306 e. The molecule has 1 rings (SSSR count). The highest BCUT2D eigenvalue weighted by atomic mass is 28.1. The number of hydrogen-bond donors (Lipinski definition) is 0. The Labute approximate surface area is 92.4 Å². The average molecular weight is 228 g/mol. The lowest BCUT2D eigenvalue weighted by atomic mass is 10.3. The lowest BCUT2D eigenvalue weighted by molar-refractivity contribution is -0.194. The minimum atomic E-state index is -1.32. The molecule has 0 heterocycles. The molecule has 0 N–H and O–H groups in total. The van der Waals surface area contributed by atoms with Crippen molar-refractivity contribution in [3.05, 3.63) is 24.3 Å². The molecule has 5 heteroatoms. The van der Waals surface area contributed by atoms with Crippen molar-refractivity contribution in [1.82, 2.24) is 0 Å². The van der Waals surface area contributed by atoms with Crippen molar-refractivity contribution in [1.29, 1.82) is 0 Å². The molecule has 0 bridgehead atoms. The van der Waals surface area contributed by atoms with Crippen molar-refractivity contribution < 1.29 is 19.1 Å². The normalized spacial score (nSPS) is 15.4. The van der Waals surface area contributed by atoms with Crippen molar-refractivity contribution in [2.75, 3.05) is 0 Å². The van der Waals surface area contributed by atoms with E-state index >= 15 is 0 Å². The van der Waals surface area contributed by atoms with E-state index < -0.39 is 17.7 Å². The first-order chi connectivity index (χ1) is 7.04. The molecule has 0 saturated heterocycles. The molecular formula is C10H16O4Si. The van der Waals surface area contributed by atoms with Gasteiger partial charge in [0.15, 0.2) is 0 Å². The number of allylic oxidation sites excluding steroid dienone is 2. The van der Waals surface area contributed by atoms with Crippen LogP contribution in [0, 0.1) is 0 Å². The minimum Gasteiger partial charge on any atom is -0.415 e. The van der Waals surface area contributed by atoms with E-state index in [9.17, 15) is 9.59 Å². The molecule has 0 unspecified atom stereocenters. The lowest BCUT2D eigenvalue weighted by Crippen LogP contribution is -2.33. The third kappa shape index (κ3) is 4.60. The van der Waals surface area contributed by atoms with Gasteiger partial charge in [0.25, 0.3) is 5.79 Å². The summed E-state index contributed by atoms with van der Waals surface area (Å²) in [5.74, 6) is -2.33. The molecule has 1 aliphatic carbocycles. The fourth-order valence-electron chi connectivity index (χ4n) is 1.04. The van der Waals surface area contributed by atoms with Gasteiger partial charge in [0.05, 0.1) is 0 Å². The first-order valence-corrected chi connectivity index (χ1v) is 6.80.